The molecule has 4 nitrogen and oxygen atoms in total. The Bertz CT molecular complexity index is 885. The van der Waals surface area contributed by atoms with E-state index in [-0.39, 0.29) is 5.56 Å². The number of nitriles is 1. The van der Waals surface area contributed by atoms with Crippen molar-refractivity contribution in [3.05, 3.63) is 53.4 Å². The summed E-state index contributed by atoms with van der Waals surface area (Å²) < 4.78 is 19.5. The molecule has 1 aromatic carbocycles. The van der Waals surface area contributed by atoms with Gasteiger partial charge in [0, 0.05) is 24.4 Å². The normalized spacial score (nSPS) is 17.9. The third kappa shape index (κ3) is 8.70. The number of benzene rings is 1. The lowest BCUT2D eigenvalue weighted by Gasteiger charge is -2.27. The Hall–Kier alpha value is -2.48. The highest BCUT2D eigenvalue weighted by molar-refractivity contribution is 5.36. The summed E-state index contributed by atoms with van der Waals surface area (Å²) in [5, 5.41) is 8.83. The minimum Gasteiger partial charge on any atom is -0.493 e. The van der Waals surface area contributed by atoms with Crippen molar-refractivity contribution in [2.45, 2.75) is 103 Å². The smallest absolute Gasteiger partial charge is 0.144 e. The van der Waals surface area contributed by atoms with Gasteiger partial charge in [0.25, 0.3) is 0 Å². The lowest BCUT2D eigenvalue weighted by atomic mass is 9.82. The molecule has 0 radical (unpaired) electrons. The summed E-state index contributed by atoms with van der Waals surface area (Å²) >= 11 is 0. The molecule has 0 saturated heterocycles. The number of hydrogen-bond donors (Lipinski definition) is 0. The fraction of sp³-hybridized carbons (Fsp3) is 0.621. The molecule has 0 bridgehead atoms. The molecule has 184 valence electrons. The van der Waals surface area contributed by atoms with Gasteiger partial charge in [0.05, 0.1) is 12.2 Å². The summed E-state index contributed by atoms with van der Waals surface area (Å²) in [5.74, 6) is 1.82. The molecule has 0 aliphatic heterocycles. The van der Waals surface area contributed by atoms with Gasteiger partial charge >= 0.3 is 0 Å². The van der Waals surface area contributed by atoms with Crippen LogP contribution >= 0.6 is 0 Å². The van der Waals surface area contributed by atoms with Crippen LogP contribution < -0.4 is 4.74 Å². The molecule has 1 saturated carbocycles. The topological polar surface area (TPSA) is 58.8 Å². The van der Waals surface area contributed by atoms with Crippen LogP contribution in [-0.2, 0) is 6.42 Å². The Labute approximate surface area is 205 Å². The summed E-state index contributed by atoms with van der Waals surface area (Å²) in [6.07, 6.45) is 21.5. The molecule has 0 atom stereocenters. The first-order chi connectivity index (χ1) is 16.7. The quantitative estimate of drug-likeness (QED) is 0.266. The third-order valence-corrected chi connectivity index (χ3v) is 7.05. The van der Waals surface area contributed by atoms with Gasteiger partial charge in [-0.05, 0) is 62.1 Å². The molecule has 1 heterocycles. The molecule has 0 spiro atoms. The van der Waals surface area contributed by atoms with Gasteiger partial charge in [0.2, 0.25) is 0 Å². The molecule has 1 aliphatic carbocycles. The number of rotatable bonds is 14. The van der Waals surface area contributed by atoms with Crippen molar-refractivity contribution in [1.29, 1.82) is 5.26 Å². The van der Waals surface area contributed by atoms with Crippen LogP contribution in [0.25, 0.3) is 0 Å². The maximum Gasteiger partial charge on any atom is 0.144 e. The minimum atomic E-state index is -0.526. The summed E-state index contributed by atoms with van der Waals surface area (Å²) in [5.41, 5.74) is 1.30. The molecule has 0 unspecified atom stereocenters. The highest BCUT2D eigenvalue weighted by Gasteiger charge is 2.24. The van der Waals surface area contributed by atoms with E-state index in [2.05, 4.69) is 6.92 Å². The largest absolute Gasteiger partial charge is 0.493 e. The van der Waals surface area contributed by atoms with E-state index >= 15 is 0 Å². The predicted octanol–water partition coefficient (Wildman–Crippen LogP) is 7.91. The molecular weight excluding hydrogens is 425 g/mol. The van der Waals surface area contributed by atoms with Gasteiger partial charge in [-0.3, -0.25) is 0 Å². The van der Waals surface area contributed by atoms with Crippen LogP contribution in [0.1, 0.15) is 113 Å². The zero-order valence-electron chi connectivity index (χ0n) is 20.8. The summed E-state index contributed by atoms with van der Waals surface area (Å²) in [6, 6.07) is 6.27. The van der Waals surface area contributed by atoms with E-state index in [9.17, 15) is 4.39 Å². The molecule has 5 heteroatoms. The van der Waals surface area contributed by atoms with Gasteiger partial charge < -0.3 is 4.74 Å². The lowest BCUT2D eigenvalue weighted by Crippen LogP contribution is -2.20. The Morgan fingerprint density at radius 1 is 0.941 bits per heavy atom. The second-order valence-electron chi connectivity index (χ2n) is 9.81. The van der Waals surface area contributed by atoms with Crippen molar-refractivity contribution >= 4 is 0 Å². The summed E-state index contributed by atoms with van der Waals surface area (Å²) in [7, 11) is 0. The number of hydrogen-bond acceptors (Lipinski definition) is 4. The van der Waals surface area contributed by atoms with Crippen LogP contribution in [0.2, 0.25) is 0 Å². The van der Waals surface area contributed by atoms with Gasteiger partial charge in [-0.25, -0.2) is 14.4 Å². The summed E-state index contributed by atoms with van der Waals surface area (Å²) in [4.78, 5) is 9.39. The number of aromatic nitrogens is 2. The molecule has 2 aromatic rings. The third-order valence-electron chi connectivity index (χ3n) is 7.05. The Morgan fingerprint density at radius 2 is 1.59 bits per heavy atom. The molecule has 0 amide bonds. The standard InChI is InChI=1S/C29H40FN3O/c1-2-3-4-5-6-7-8-9-10-11-24-20-32-29(33-21-24)25-14-12-23(13-15-25)22-34-27-17-16-26(19-31)28(30)18-27/h16-18,20-21,23,25H,2-15,22H2,1H3. The van der Waals surface area contributed by atoms with Crippen LogP contribution in [0.4, 0.5) is 4.39 Å². The molecule has 1 aliphatic rings. The van der Waals surface area contributed by atoms with Crippen molar-refractivity contribution in [2.75, 3.05) is 6.61 Å². The second kappa shape index (κ2) is 14.7. The van der Waals surface area contributed by atoms with Crippen LogP contribution in [0.3, 0.4) is 0 Å². The van der Waals surface area contributed by atoms with E-state index < -0.39 is 5.82 Å². The Morgan fingerprint density at radius 3 is 2.21 bits per heavy atom. The van der Waals surface area contributed by atoms with Crippen molar-refractivity contribution in [2.24, 2.45) is 5.92 Å². The maximum absolute atomic E-state index is 13.7. The SMILES string of the molecule is CCCCCCCCCCCc1cnc(C2CCC(COc3ccc(C#N)c(F)c3)CC2)nc1. The van der Waals surface area contributed by atoms with E-state index in [1.165, 1.54) is 75.5 Å². The highest BCUT2D eigenvalue weighted by atomic mass is 19.1. The number of unbranched alkanes of at least 4 members (excludes halogenated alkanes) is 8. The van der Waals surface area contributed by atoms with Crippen LogP contribution in [-0.4, -0.2) is 16.6 Å². The predicted molar refractivity (Wildman–Crippen MR) is 134 cm³/mol. The number of halogens is 1. The first kappa shape index (κ1) is 26.1. The van der Waals surface area contributed by atoms with E-state index in [4.69, 9.17) is 20.0 Å². The van der Waals surface area contributed by atoms with Crippen LogP contribution in [0.15, 0.2) is 30.6 Å². The molecule has 0 N–H and O–H groups in total. The lowest BCUT2D eigenvalue weighted by molar-refractivity contribution is 0.197. The number of nitrogens with zero attached hydrogens (tertiary/aromatic N) is 3. The van der Waals surface area contributed by atoms with Gasteiger partial charge in [-0.15, -0.1) is 0 Å². The Balaban J connectivity index is 1.30. The van der Waals surface area contributed by atoms with Crippen molar-refractivity contribution in [3.8, 4) is 11.8 Å². The Kier molecular flexibility index (Phi) is 11.3. The molecule has 3 rings (SSSR count). The van der Waals surface area contributed by atoms with Gasteiger partial charge in [-0.2, -0.15) is 5.26 Å². The zero-order valence-corrected chi connectivity index (χ0v) is 20.8. The fourth-order valence-electron chi connectivity index (χ4n) is 4.82. The minimum absolute atomic E-state index is 0.0482. The monoisotopic (exact) mass is 465 g/mol. The highest BCUT2D eigenvalue weighted by Crippen LogP contribution is 2.34. The zero-order chi connectivity index (χ0) is 24.0. The van der Waals surface area contributed by atoms with E-state index in [0.717, 1.165) is 37.9 Å². The maximum atomic E-state index is 13.7. The molecule has 1 fully saturated rings. The first-order valence-corrected chi connectivity index (χ1v) is 13.3. The number of ether oxygens (including phenoxy) is 1. The van der Waals surface area contributed by atoms with E-state index in [1.807, 2.05) is 18.5 Å². The molecule has 1 aromatic heterocycles. The molecule has 34 heavy (non-hydrogen) atoms. The van der Waals surface area contributed by atoms with Gasteiger partial charge in [-0.1, -0.05) is 58.3 Å². The van der Waals surface area contributed by atoms with Crippen LogP contribution in [0.5, 0.6) is 5.75 Å². The average molecular weight is 466 g/mol. The molecular formula is C29H40FN3O. The van der Waals surface area contributed by atoms with Crippen molar-refractivity contribution in [1.82, 2.24) is 9.97 Å². The van der Waals surface area contributed by atoms with E-state index in [1.54, 1.807) is 6.07 Å². The average Bonchev–Trinajstić information content (AvgIpc) is 2.87. The van der Waals surface area contributed by atoms with Crippen molar-refractivity contribution in [3.63, 3.8) is 0 Å². The van der Waals surface area contributed by atoms with Gasteiger partial charge in [0.15, 0.2) is 0 Å². The summed E-state index contributed by atoms with van der Waals surface area (Å²) in [6.45, 7) is 2.85. The first-order valence-electron chi connectivity index (χ1n) is 13.3. The van der Waals surface area contributed by atoms with Crippen LogP contribution in [0, 0.1) is 23.1 Å². The van der Waals surface area contributed by atoms with E-state index in [0.29, 0.717) is 24.2 Å². The fourth-order valence-corrected chi connectivity index (χ4v) is 4.82. The van der Waals surface area contributed by atoms with Gasteiger partial charge in [0.1, 0.15) is 23.5 Å². The van der Waals surface area contributed by atoms with Crippen molar-refractivity contribution < 1.29 is 9.13 Å². The number of aryl methyl sites for hydroxylation is 1. The second-order valence-corrected chi connectivity index (χ2v) is 9.81.